The van der Waals surface area contributed by atoms with Crippen molar-refractivity contribution in [3.8, 4) is 0 Å². The van der Waals surface area contributed by atoms with Crippen LogP contribution in [0, 0.1) is 41.5 Å². The Labute approximate surface area is 310 Å². The predicted molar refractivity (Wildman–Crippen MR) is 212 cm³/mol. The van der Waals surface area contributed by atoms with E-state index in [-0.39, 0.29) is 0 Å². The molecular weight excluding hydrogens is 641 g/mol. The van der Waals surface area contributed by atoms with Gasteiger partial charge in [-0.1, -0.05) is 73.5 Å². The number of aliphatic hydroxyl groups excluding tert-OH is 1. The Morgan fingerprint density at radius 1 is 0.423 bits per heavy atom. The van der Waals surface area contributed by atoms with Gasteiger partial charge in [0.15, 0.2) is 0 Å². The van der Waals surface area contributed by atoms with Crippen LogP contribution in [0.25, 0.3) is 0 Å². The maximum Gasteiger partial charge on any atom is 0.0646 e. The van der Waals surface area contributed by atoms with Gasteiger partial charge in [0.05, 0.1) is 22.8 Å². The van der Waals surface area contributed by atoms with Crippen molar-refractivity contribution in [2.45, 2.75) is 92.9 Å². The zero-order valence-electron chi connectivity index (χ0n) is 32.4. The van der Waals surface area contributed by atoms with E-state index in [4.69, 9.17) is 15.1 Å². The summed E-state index contributed by atoms with van der Waals surface area (Å²) in [7, 11) is 1.00. The molecule has 4 heterocycles. The molecule has 0 radical (unpaired) electrons. The molecule has 270 valence electrons. The normalized spacial score (nSPS) is 11.8. The molecule has 0 saturated carbocycles. The molecule has 0 aliphatic rings. The fourth-order valence-electron chi connectivity index (χ4n) is 6.07. The number of pyridine rings is 2. The summed E-state index contributed by atoms with van der Waals surface area (Å²) >= 11 is 0. The van der Waals surface area contributed by atoms with E-state index < -0.39 is 0 Å². The molecule has 2 atom stereocenters. The summed E-state index contributed by atoms with van der Waals surface area (Å²) in [5.41, 5.74) is 16.0. The molecule has 1 N–H and O–H groups in total. The lowest BCUT2D eigenvalue weighted by Crippen LogP contribution is -2.04. The number of hydrogen-bond acceptors (Lipinski definition) is 7. The van der Waals surface area contributed by atoms with Gasteiger partial charge in [-0.25, -0.2) is 0 Å². The molecule has 0 spiro atoms. The summed E-state index contributed by atoms with van der Waals surface area (Å²) < 4.78 is 0. The predicted octanol–water partition coefficient (Wildman–Crippen LogP) is 9.08. The topological polar surface area (TPSA) is 97.6 Å². The van der Waals surface area contributed by atoms with Crippen LogP contribution < -0.4 is 0 Å². The largest absolute Gasteiger partial charge is 0.400 e. The molecule has 0 amide bonds. The fraction of sp³-hybridized carbons (Fsp3) is 0.333. The molecular formula is C45H54N6O. The van der Waals surface area contributed by atoms with Crippen LogP contribution in [0.3, 0.4) is 0 Å². The minimum Gasteiger partial charge on any atom is -0.400 e. The van der Waals surface area contributed by atoms with Gasteiger partial charge in [-0.3, -0.25) is 29.9 Å². The van der Waals surface area contributed by atoms with Crippen molar-refractivity contribution >= 4 is 0 Å². The highest BCUT2D eigenvalue weighted by molar-refractivity contribution is 5.30. The van der Waals surface area contributed by atoms with Crippen LogP contribution in [0.1, 0.15) is 105 Å². The van der Waals surface area contributed by atoms with Crippen molar-refractivity contribution in [3.63, 3.8) is 0 Å². The Morgan fingerprint density at radius 2 is 0.769 bits per heavy atom. The monoisotopic (exact) mass is 694 g/mol. The Kier molecular flexibility index (Phi) is 14.8. The summed E-state index contributed by atoms with van der Waals surface area (Å²) in [6.07, 6.45) is 10.6. The van der Waals surface area contributed by atoms with Gasteiger partial charge in [-0.05, 0) is 113 Å². The number of benzene rings is 2. The van der Waals surface area contributed by atoms with E-state index in [0.717, 1.165) is 78.3 Å². The van der Waals surface area contributed by atoms with Crippen molar-refractivity contribution in [1.29, 1.82) is 0 Å². The van der Waals surface area contributed by atoms with Crippen LogP contribution in [-0.4, -0.2) is 42.1 Å². The molecule has 0 fully saturated rings. The van der Waals surface area contributed by atoms with E-state index in [1.54, 1.807) is 0 Å². The number of aromatic nitrogens is 6. The SMILES string of the molecule is CO.Cc1ccc(C(C)Cc2cc(C)cc(Cc3cnc(C)cn3)n2)cc1.Cc1ccc(C(C)Cc2cc(C)cc(Cc3cnc(C)cn3)n2)cc1. The third kappa shape index (κ3) is 12.6. The summed E-state index contributed by atoms with van der Waals surface area (Å²) in [6.45, 7) is 16.9. The Morgan fingerprint density at radius 3 is 1.10 bits per heavy atom. The maximum atomic E-state index is 7.00. The molecule has 6 rings (SSSR count). The third-order valence-corrected chi connectivity index (χ3v) is 8.87. The molecule has 0 bridgehead atoms. The van der Waals surface area contributed by atoms with Crippen LogP contribution in [0.5, 0.6) is 0 Å². The number of nitrogens with zero attached hydrogens (tertiary/aromatic N) is 6. The van der Waals surface area contributed by atoms with Crippen molar-refractivity contribution in [2.75, 3.05) is 7.11 Å². The molecule has 2 unspecified atom stereocenters. The highest BCUT2D eigenvalue weighted by Gasteiger charge is 2.12. The number of aryl methyl sites for hydroxylation is 6. The van der Waals surface area contributed by atoms with Crippen molar-refractivity contribution < 1.29 is 5.11 Å². The van der Waals surface area contributed by atoms with Gasteiger partial charge in [-0.15, -0.1) is 0 Å². The van der Waals surface area contributed by atoms with Crippen molar-refractivity contribution in [2.24, 2.45) is 0 Å². The molecule has 4 aromatic heterocycles. The average molecular weight is 695 g/mol. The van der Waals surface area contributed by atoms with Crippen LogP contribution in [0.4, 0.5) is 0 Å². The molecule has 0 aliphatic carbocycles. The van der Waals surface area contributed by atoms with E-state index in [1.165, 1.54) is 33.4 Å². The first-order chi connectivity index (χ1) is 25.0. The molecule has 0 aliphatic heterocycles. The van der Waals surface area contributed by atoms with E-state index in [0.29, 0.717) is 11.8 Å². The van der Waals surface area contributed by atoms with E-state index in [9.17, 15) is 0 Å². The van der Waals surface area contributed by atoms with E-state index >= 15 is 0 Å². The lowest BCUT2D eigenvalue weighted by molar-refractivity contribution is 0.399. The Bertz CT molecular complexity index is 1830. The van der Waals surface area contributed by atoms with Gasteiger partial charge in [0.25, 0.3) is 0 Å². The molecule has 2 aromatic carbocycles. The molecule has 0 saturated heterocycles. The summed E-state index contributed by atoms with van der Waals surface area (Å²) in [4.78, 5) is 27.3. The first-order valence-corrected chi connectivity index (χ1v) is 18.0. The lowest BCUT2D eigenvalue weighted by Gasteiger charge is -2.13. The number of aliphatic hydroxyl groups is 1. The van der Waals surface area contributed by atoms with Crippen LogP contribution in [0.15, 0.2) is 97.6 Å². The quantitative estimate of drug-likeness (QED) is 0.153. The Hall–Kier alpha value is -5.14. The summed E-state index contributed by atoms with van der Waals surface area (Å²) in [5, 5.41) is 7.00. The van der Waals surface area contributed by atoms with E-state index in [1.807, 2.05) is 38.6 Å². The highest BCUT2D eigenvalue weighted by Crippen LogP contribution is 2.23. The van der Waals surface area contributed by atoms with Gasteiger partial charge >= 0.3 is 0 Å². The van der Waals surface area contributed by atoms with E-state index in [2.05, 4.69) is 134 Å². The lowest BCUT2D eigenvalue weighted by atomic mass is 9.94. The maximum absolute atomic E-state index is 7.00. The molecule has 7 heteroatoms. The zero-order chi connectivity index (χ0) is 37.6. The second-order valence-electron chi connectivity index (χ2n) is 13.9. The number of hydrogen-bond donors (Lipinski definition) is 1. The summed E-state index contributed by atoms with van der Waals surface area (Å²) in [5.74, 6) is 0.892. The van der Waals surface area contributed by atoms with Crippen LogP contribution in [0.2, 0.25) is 0 Å². The van der Waals surface area contributed by atoms with Crippen molar-refractivity contribution in [1.82, 2.24) is 29.9 Å². The van der Waals surface area contributed by atoms with Crippen LogP contribution in [-0.2, 0) is 25.7 Å². The molecule has 52 heavy (non-hydrogen) atoms. The second-order valence-corrected chi connectivity index (χ2v) is 13.9. The standard InChI is InChI=1S/2C22H25N3.CH4O/c2*1-15-5-7-19(8-6-15)17(3)11-20-9-16(2)10-21(25-20)12-22-14-23-18(4)13-24-22;1-2/h2*5-10,13-14,17H,11-12H2,1-4H3;2H,1H3. The third-order valence-electron chi connectivity index (χ3n) is 8.87. The summed E-state index contributed by atoms with van der Waals surface area (Å²) in [6, 6.07) is 26.3. The fourth-order valence-corrected chi connectivity index (χ4v) is 6.07. The highest BCUT2D eigenvalue weighted by atomic mass is 16.2. The molecule has 6 aromatic rings. The smallest absolute Gasteiger partial charge is 0.0646 e. The first kappa shape index (κ1) is 39.6. The second kappa shape index (κ2) is 19.5. The van der Waals surface area contributed by atoms with Gasteiger partial charge in [0.2, 0.25) is 0 Å². The Balaban J connectivity index is 0.000000222. The van der Waals surface area contributed by atoms with Crippen molar-refractivity contribution in [3.05, 3.63) is 177 Å². The van der Waals surface area contributed by atoms with Gasteiger partial charge in [0.1, 0.15) is 0 Å². The van der Waals surface area contributed by atoms with Gasteiger partial charge in [-0.2, -0.15) is 0 Å². The average Bonchev–Trinajstić information content (AvgIpc) is 3.11. The minimum absolute atomic E-state index is 0.446. The minimum atomic E-state index is 0.446. The zero-order valence-corrected chi connectivity index (χ0v) is 32.4. The molecule has 7 nitrogen and oxygen atoms in total. The number of rotatable bonds is 10. The first-order valence-electron chi connectivity index (χ1n) is 18.0. The van der Waals surface area contributed by atoms with Gasteiger partial charge in [0, 0.05) is 67.5 Å². The van der Waals surface area contributed by atoms with Gasteiger partial charge < -0.3 is 5.11 Å². The van der Waals surface area contributed by atoms with Crippen LogP contribution >= 0.6 is 0 Å².